The summed E-state index contributed by atoms with van der Waals surface area (Å²) in [6.45, 7) is 6.36. The molecule has 3 aromatic heterocycles. The van der Waals surface area contributed by atoms with Crippen molar-refractivity contribution >= 4 is 21.9 Å². The minimum absolute atomic E-state index is 0.0638. The Morgan fingerprint density at radius 1 is 1.05 bits per heavy atom. The summed E-state index contributed by atoms with van der Waals surface area (Å²) in [4.78, 5) is 4.71. The maximum atomic E-state index is 15.8. The van der Waals surface area contributed by atoms with Crippen LogP contribution in [0, 0.1) is 24.5 Å². The van der Waals surface area contributed by atoms with Gasteiger partial charge in [0.25, 0.3) is 0 Å². The molecule has 1 aliphatic rings. The van der Waals surface area contributed by atoms with Gasteiger partial charge in [-0.15, -0.1) is 5.10 Å². The van der Waals surface area contributed by atoms with Gasteiger partial charge in [-0.05, 0) is 63.8 Å². The predicted octanol–water partition coefficient (Wildman–Crippen LogP) is 5.82. The number of aliphatic hydroxyl groups is 1. The van der Waals surface area contributed by atoms with E-state index in [-0.39, 0.29) is 11.7 Å². The van der Waals surface area contributed by atoms with Crippen molar-refractivity contribution in [1.29, 1.82) is 0 Å². The van der Waals surface area contributed by atoms with Gasteiger partial charge in [-0.25, -0.2) is 13.5 Å². The van der Waals surface area contributed by atoms with Crippen molar-refractivity contribution in [3.63, 3.8) is 0 Å². The van der Waals surface area contributed by atoms with E-state index in [1.54, 1.807) is 50.8 Å². The SMILES string of the molecule is Cc1nnn(C)c1-c1cc2c(cc1F)c1ncc(C(C)(C)O)cc1n2[C@H](c1ccccc1F)C1CCOCC1. The lowest BCUT2D eigenvalue weighted by molar-refractivity contribution is 0.0548. The third-order valence-corrected chi connectivity index (χ3v) is 7.90. The van der Waals surface area contributed by atoms with E-state index in [1.807, 2.05) is 18.2 Å². The van der Waals surface area contributed by atoms with Crippen LogP contribution in [0.1, 0.15) is 49.6 Å². The highest BCUT2D eigenvalue weighted by atomic mass is 19.1. The molecule has 9 heteroatoms. The minimum atomic E-state index is -1.15. The smallest absolute Gasteiger partial charge is 0.133 e. The quantitative estimate of drug-likeness (QED) is 0.310. The maximum Gasteiger partial charge on any atom is 0.133 e. The van der Waals surface area contributed by atoms with Crippen molar-refractivity contribution in [3.8, 4) is 11.3 Å². The number of ether oxygens (including phenoxy) is 1. The highest BCUT2D eigenvalue weighted by Gasteiger charge is 2.33. The van der Waals surface area contributed by atoms with Crippen LogP contribution in [0.25, 0.3) is 33.2 Å². The molecule has 1 atom stereocenters. The number of nitrogens with zero attached hydrogens (tertiary/aromatic N) is 5. The molecule has 39 heavy (non-hydrogen) atoms. The Morgan fingerprint density at radius 2 is 1.79 bits per heavy atom. The summed E-state index contributed by atoms with van der Waals surface area (Å²) >= 11 is 0. The molecule has 202 valence electrons. The Labute approximate surface area is 225 Å². The number of rotatable bonds is 5. The van der Waals surface area contributed by atoms with Crippen LogP contribution >= 0.6 is 0 Å². The average Bonchev–Trinajstić information content (AvgIpc) is 3.40. The third kappa shape index (κ3) is 4.30. The molecule has 5 aromatic rings. The summed E-state index contributed by atoms with van der Waals surface area (Å²) < 4.78 is 40.6. The van der Waals surface area contributed by atoms with Gasteiger partial charge < -0.3 is 14.4 Å². The number of hydrogen-bond donors (Lipinski definition) is 1. The lowest BCUT2D eigenvalue weighted by Crippen LogP contribution is -2.27. The molecule has 2 aromatic carbocycles. The van der Waals surface area contributed by atoms with Gasteiger partial charge in [-0.2, -0.15) is 0 Å². The van der Waals surface area contributed by atoms with Crippen LogP contribution in [-0.4, -0.2) is 42.9 Å². The second-order valence-electron chi connectivity index (χ2n) is 10.9. The van der Waals surface area contributed by atoms with Crippen LogP contribution in [0.5, 0.6) is 0 Å². The van der Waals surface area contributed by atoms with Crippen LogP contribution in [0.4, 0.5) is 8.78 Å². The largest absolute Gasteiger partial charge is 0.386 e. The van der Waals surface area contributed by atoms with Crippen molar-refractivity contribution in [2.75, 3.05) is 13.2 Å². The number of aryl methyl sites for hydroxylation is 2. The zero-order valence-corrected chi connectivity index (χ0v) is 22.4. The summed E-state index contributed by atoms with van der Waals surface area (Å²) in [5, 5.41) is 19.7. The average molecular weight is 532 g/mol. The van der Waals surface area contributed by atoms with E-state index < -0.39 is 17.5 Å². The Morgan fingerprint density at radius 3 is 2.46 bits per heavy atom. The molecule has 7 nitrogen and oxygen atoms in total. The zero-order chi connectivity index (χ0) is 27.5. The summed E-state index contributed by atoms with van der Waals surface area (Å²) in [6.07, 6.45) is 3.12. The molecule has 0 unspecified atom stereocenters. The van der Waals surface area contributed by atoms with Crippen molar-refractivity contribution in [2.24, 2.45) is 13.0 Å². The molecule has 6 rings (SSSR count). The summed E-state index contributed by atoms with van der Waals surface area (Å²) in [6, 6.07) is 11.6. The number of fused-ring (bicyclic) bond motifs is 3. The molecule has 0 saturated carbocycles. The van der Waals surface area contributed by atoms with Gasteiger partial charge >= 0.3 is 0 Å². The minimum Gasteiger partial charge on any atom is -0.386 e. The second-order valence-corrected chi connectivity index (χ2v) is 10.9. The van der Waals surface area contributed by atoms with Gasteiger partial charge in [0.15, 0.2) is 0 Å². The Kier molecular flexibility index (Phi) is 6.23. The first-order chi connectivity index (χ1) is 18.6. The Balaban J connectivity index is 1.74. The first-order valence-electron chi connectivity index (χ1n) is 13.2. The van der Waals surface area contributed by atoms with E-state index in [0.717, 1.165) is 18.4 Å². The number of aromatic nitrogens is 5. The first kappa shape index (κ1) is 25.6. The molecule has 0 bridgehead atoms. The van der Waals surface area contributed by atoms with E-state index >= 15 is 8.78 Å². The molecule has 1 aliphatic heterocycles. The van der Waals surface area contributed by atoms with Crippen molar-refractivity contribution in [2.45, 2.75) is 45.3 Å². The Bertz CT molecular complexity index is 1680. The molecule has 1 N–H and O–H groups in total. The summed E-state index contributed by atoms with van der Waals surface area (Å²) in [5.74, 6) is -0.657. The number of benzene rings is 2. The normalized spacial score (nSPS) is 15.9. The molecule has 4 heterocycles. The van der Waals surface area contributed by atoms with Gasteiger partial charge in [0.1, 0.15) is 11.6 Å². The highest BCUT2D eigenvalue weighted by molar-refractivity contribution is 6.07. The van der Waals surface area contributed by atoms with E-state index in [4.69, 9.17) is 9.72 Å². The number of pyridine rings is 1. The molecular formula is C30H31F2N5O2. The molecule has 0 spiro atoms. The fourth-order valence-corrected chi connectivity index (χ4v) is 5.92. The monoisotopic (exact) mass is 531 g/mol. The van der Waals surface area contributed by atoms with Crippen molar-refractivity contribution < 1.29 is 18.6 Å². The second kappa shape index (κ2) is 9.50. The van der Waals surface area contributed by atoms with Crippen LogP contribution in [0.3, 0.4) is 0 Å². The lowest BCUT2D eigenvalue weighted by Gasteiger charge is -2.33. The first-order valence-corrected chi connectivity index (χ1v) is 13.2. The van der Waals surface area contributed by atoms with E-state index in [0.29, 0.717) is 57.7 Å². The van der Waals surface area contributed by atoms with Crippen LogP contribution in [-0.2, 0) is 17.4 Å². The zero-order valence-electron chi connectivity index (χ0n) is 22.4. The maximum absolute atomic E-state index is 15.8. The molecule has 1 saturated heterocycles. The highest BCUT2D eigenvalue weighted by Crippen LogP contribution is 2.43. The molecule has 0 radical (unpaired) electrons. The van der Waals surface area contributed by atoms with E-state index in [9.17, 15) is 5.11 Å². The summed E-state index contributed by atoms with van der Waals surface area (Å²) in [5.41, 5.74) is 3.59. The number of hydrogen-bond acceptors (Lipinski definition) is 5. The fraction of sp³-hybridized carbons (Fsp3) is 0.367. The lowest BCUT2D eigenvalue weighted by atomic mass is 9.86. The van der Waals surface area contributed by atoms with E-state index in [2.05, 4.69) is 14.9 Å². The van der Waals surface area contributed by atoms with Crippen molar-refractivity contribution in [1.82, 2.24) is 24.5 Å². The van der Waals surface area contributed by atoms with E-state index in [1.165, 1.54) is 12.1 Å². The van der Waals surface area contributed by atoms with Gasteiger partial charge in [0.2, 0.25) is 0 Å². The van der Waals surface area contributed by atoms with Gasteiger partial charge in [-0.3, -0.25) is 4.98 Å². The molecule has 1 fully saturated rings. The molecule has 0 aliphatic carbocycles. The van der Waals surface area contributed by atoms with Gasteiger partial charge in [-0.1, -0.05) is 23.4 Å². The fourth-order valence-electron chi connectivity index (χ4n) is 5.92. The van der Waals surface area contributed by atoms with Gasteiger partial charge in [0.05, 0.1) is 39.6 Å². The van der Waals surface area contributed by atoms with Crippen LogP contribution < -0.4 is 0 Å². The Hall–Kier alpha value is -3.69. The van der Waals surface area contributed by atoms with Crippen molar-refractivity contribution in [3.05, 3.63) is 77.1 Å². The predicted molar refractivity (Wildman–Crippen MR) is 145 cm³/mol. The molecular weight excluding hydrogens is 500 g/mol. The van der Waals surface area contributed by atoms with Gasteiger partial charge in [0, 0.05) is 48.5 Å². The van der Waals surface area contributed by atoms with Crippen LogP contribution in [0.2, 0.25) is 0 Å². The summed E-state index contributed by atoms with van der Waals surface area (Å²) in [7, 11) is 1.73. The topological polar surface area (TPSA) is 78.0 Å². The van der Waals surface area contributed by atoms with Crippen LogP contribution in [0.15, 0.2) is 48.7 Å². The standard InChI is InChI=1S/C30H31F2N5O2/c1-17-28(36(4)35-34-17)21-15-25-22(14-24(21)32)27-26(13-19(16-33-27)30(2,3)38)37(25)29(18-9-11-39-12-10-18)20-7-5-6-8-23(20)31/h5-8,13-16,18,29,38H,9-12H2,1-4H3/t29-/m0/s1. The molecule has 0 amide bonds. The third-order valence-electron chi connectivity index (χ3n) is 7.90. The number of halogens is 2.